The molecule has 2 amide bonds. The number of fused-ring (bicyclic) bond motifs is 1. The Morgan fingerprint density at radius 2 is 2.27 bits per heavy atom. The molecule has 1 atom stereocenters. The second-order valence-corrected chi connectivity index (χ2v) is 7.06. The number of hydrogen-bond acceptors (Lipinski definition) is 3. The monoisotopic (exact) mass is 317 g/mol. The number of benzene rings is 1. The van der Waals surface area contributed by atoms with Crippen LogP contribution in [0.25, 0.3) is 10.2 Å². The third kappa shape index (κ3) is 3.58. The molecule has 1 N–H and O–H groups in total. The number of aromatic nitrogens is 1. The molecule has 4 nitrogen and oxygen atoms in total. The largest absolute Gasteiger partial charge is 0.338 e. The quantitative estimate of drug-likeness (QED) is 0.872. The van der Waals surface area contributed by atoms with Gasteiger partial charge in [-0.15, -0.1) is 11.3 Å². The van der Waals surface area contributed by atoms with Crippen molar-refractivity contribution >= 4 is 27.6 Å². The Morgan fingerprint density at radius 1 is 1.41 bits per heavy atom. The van der Waals surface area contributed by atoms with Crippen molar-refractivity contribution < 1.29 is 4.79 Å². The molecule has 22 heavy (non-hydrogen) atoms. The Hall–Kier alpha value is -1.62. The molecule has 0 radical (unpaired) electrons. The molecule has 0 aliphatic carbocycles. The second-order valence-electron chi connectivity index (χ2n) is 5.95. The van der Waals surface area contributed by atoms with Crippen LogP contribution < -0.4 is 5.32 Å². The highest BCUT2D eigenvalue weighted by atomic mass is 32.1. The van der Waals surface area contributed by atoms with E-state index in [4.69, 9.17) is 0 Å². The van der Waals surface area contributed by atoms with Gasteiger partial charge in [0.05, 0.1) is 15.2 Å². The van der Waals surface area contributed by atoms with Crippen molar-refractivity contribution in [3.8, 4) is 0 Å². The first-order chi connectivity index (χ1) is 10.7. The number of thiazole rings is 1. The average Bonchev–Trinajstić information content (AvgIpc) is 2.94. The Kier molecular flexibility index (Phi) is 4.93. The lowest BCUT2D eigenvalue weighted by atomic mass is 10.0. The summed E-state index contributed by atoms with van der Waals surface area (Å²) >= 11 is 1.75. The molecule has 0 unspecified atom stereocenters. The van der Waals surface area contributed by atoms with Crippen LogP contribution in [0.2, 0.25) is 0 Å². The number of nitrogens with zero attached hydrogens (tertiary/aromatic N) is 2. The molecule has 118 valence electrons. The van der Waals surface area contributed by atoms with Gasteiger partial charge in [0, 0.05) is 25.6 Å². The van der Waals surface area contributed by atoms with Crippen LogP contribution in [0, 0.1) is 0 Å². The molecule has 0 spiro atoms. The van der Waals surface area contributed by atoms with Crippen LogP contribution in [-0.4, -0.2) is 35.0 Å². The zero-order valence-electron chi connectivity index (χ0n) is 13.0. The first kappa shape index (κ1) is 15.3. The molecule has 1 aliphatic heterocycles. The summed E-state index contributed by atoms with van der Waals surface area (Å²) in [5.74, 6) is 0. The lowest BCUT2D eigenvalue weighted by Crippen LogP contribution is -2.47. The maximum atomic E-state index is 12.2. The van der Waals surface area contributed by atoms with Crippen LogP contribution in [-0.2, 0) is 6.42 Å². The van der Waals surface area contributed by atoms with E-state index in [1.54, 1.807) is 11.3 Å². The van der Waals surface area contributed by atoms with E-state index in [0.29, 0.717) is 6.04 Å². The van der Waals surface area contributed by atoms with E-state index in [2.05, 4.69) is 29.4 Å². The number of para-hydroxylation sites is 1. The maximum Gasteiger partial charge on any atom is 0.317 e. The van der Waals surface area contributed by atoms with Gasteiger partial charge in [-0.2, -0.15) is 0 Å². The second kappa shape index (κ2) is 7.09. The molecule has 2 heterocycles. The molecule has 3 rings (SSSR count). The number of rotatable bonds is 4. The summed E-state index contributed by atoms with van der Waals surface area (Å²) in [6, 6.07) is 8.69. The summed E-state index contributed by atoms with van der Waals surface area (Å²) in [5, 5.41) is 4.21. The highest BCUT2D eigenvalue weighted by Gasteiger charge is 2.22. The molecule has 1 fully saturated rings. The van der Waals surface area contributed by atoms with E-state index in [1.165, 1.54) is 11.1 Å². The number of aryl methyl sites for hydroxylation is 1. The predicted octanol–water partition coefficient (Wildman–Crippen LogP) is 3.81. The third-order valence-corrected chi connectivity index (χ3v) is 5.34. The van der Waals surface area contributed by atoms with Crippen molar-refractivity contribution in [2.45, 2.75) is 45.1 Å². The van der Waals surface area contributed by atoms with E-state index in [9.17, 15) is 4.79 Å². The van der Waals surface area contributed by atoms with E-state index in [1.807, 2.05) is 17.0 Å². The number of carbonyl (C=O) groups excluding carboxylic acids is 1. The summed E-state index contributed by atoms with van der Waals surface area (Å²) < 4.78 is 1.24. The van der Waals surface area contributed by atoms with E-state index in [-0.39, 0.29) is 6.03 Å². The van der Waals surface area contributed by atoms with Crippen LogP contribution in [0.5, 0.6) is 0 Å². The third-order valence-electron chi connectivity index (χ3n) is 4.25. The number of nitrogens with one attached hydrogen (secondary N) is 1. The van der Waals surface area contributed by atoms with E-state index < -0.39 is 0 Å². The fraction of sp³-hybridized carbons (Fsp3) is 0.529. The van der Waals surface area contributed by atoms with Gasteiger partial charge in [-0.3, -0.25) is 0 Å². The van der Waals surface area contributed by atoms with Crippen molar-refractivity contribution in [3.63, 3.8) is 0 Å². The van der Waals surface area contributed by atoms with Gasteiger partial charge >= 0.3 is 6.03 Å². The van der Waals surface area contributed by atoms with E-state index >= 15 is 0 Å². The maximum absolute atomic E-state index is 12.2. The lowest BCUT2D eigenvalue weighted by molar-refractivity contribution is 0.158. The minimum atomic E-state index is 0.0940. The Balaban J connectivity index is 1.44. The van der Waals surface area contributed by atoms with E-state index in [0.717, 1.165) is 49.3 Å². The first-order valence-electron chi connectivity index (χ1n) is 8.13. The van der Waals surface area contributed by atoms with Gasteiger partial charge in [0.2, 0.25) is 0 Å². The lowest BCUT2D eigenvalue weighted by Gasteiger charge is -2.33. The summed E-state index contributed by atoms with van der Waals surface area (Å²) in [5.41, 5.74) is 1.08. The first-order valence-corrected chi connectivity index (χ1v) is 8.94. The minimum Gasteiger partial charge on any atom is -0.338 e. The van der Waals surface area contributed by atoms with Crippen molar-refractivity contribution in [2.75, 3.05) is 13.1 Å². The summed E-state index contributed by atoms with van der Waals surface area (Å²) in [6.45, 7) is 3.75. The zero-order valence-corrected chi connectivity index (χ0v) is 13.9. The van der Waals surface area contributed by atoms with Gasteiger partial charge in [-0.1, -0.05) is 12.1 Å². The topological polar surface area (TPSA) is 45.2 Å². The highest BCUT2D eigenvalue weighted by molar-refractivity contribution is 7.18. The SMILES string of the molecule is C[C@@H]1CCCCN1C(=O)NCCCc1nc2ccccc2s1. The fourth-order valence-corrected chi connectivity index (χ4v) is 3.97. The van der Waals surface area contributed by atoms with Gasteiger partial charge in [-0.25, -0.2) is 9.78 Å². The minimum absolute atomic E-state index is 0.0940. The molecule has 5 heteroatoms. The van der Waals surface area contributed by atoms with Crippen LogP contribution in [0.15, 0.2) is 24.3 Å². The number of likely N-dealkylation sites (tertiary alicyclic amines) is 1. The molecular weight excluding hydrogens is 294 g/mol. The number of urea groups is 1. The van der Waals surface area contributed by atoms with Crippen molar-refractivity contribution in [1.29, 1.82) is 0 Å². The number of piperidine rings is 1. The Morgan fingerprint density at radius 3 is 3.09 bits per heavy atom. The van der Waals surface area contributed by atoms with Gasteiger partial charge in [-0.05, 0) is 44.7 Å². The average molecular weight is 317 g/mol. The van der Waals surface area contributed by atoms with Crippen LogP contribution in [0.4, 0.5) is 4.79 Å². The van der Waals surface area contributed by atoms with Crippen molar-refractivity contribution in [2.24, 2.45) is 0 Å². The molecule has 1 aromatic heterocycles. The number of amides is 2. The van der Waals surface area contributed by atoms with Gasteiger partial charge in [0.1, 0.15) is 0 Å². The zero-order chi connectivity index (χ0) is 15.4. The summed E-state index contributed by atoms with van der Waals surface area (Å²) in [6.07, 6.45) is 5.36. The number of hydrogen-bond donors (Lipinski definition) is 1. The Bertz CT molecular complexity index is 607. The smallest absolute Gasteiger partial charge is 0.317 e. The molecule has 0 saturated carbocycles. The van der Waals surface area contributed by atoms with Gasteiger partial charge < -0.3 is 10.2 Å². The van der Waals surface area contributed by atoms with Gasteiger partial charge in [0.25, 0.3) is 0 Å². The summed E-state index contributed by atoms with van der Waals surface area (Å²) in [7, 11) is 0. The standard InChI is InChI=1S/C17H23N3OS/c1-13-7-4-5-12-20(13)17(21)18-11-6-10-16-19-14-8-2-3-9-15(14)22-16/h2-3,8-9,13H,4-7,10-12H2,1H3,(H,18,21)/t13-/m1/s1. The van der Waals surface area contributed by atoms with Crippen LogP contribution in [0.1, 0.15) is 37.6 Å². The van der Waals surface area contributed by atoms with Crippen LogP contribution in [0.3, 0.4) is 0 Å². The Labute approximate surface area is 135 Å². The summed E-state index contributed by atoms with van der Waals surface area (Å²) in [4.78, 5) is 18.8. The van der Waals surface area contributed by atoms with Gasteiger partial charge in [0.15, 0.2) is 0 Å². The van der Waals surface area contributed by atoms with Crippen molar-refractivity contribution in [1.82, 2.24) is 15.2 Å². The molecule has 1 saturated heterocycles. The van der Waals surface area contributed by atoms with Crippen LogP contribution >= 0.6 is 11.3 Å². The molecule has 1 aliphatic rings. The molecular formula is C17H23N3OS. The molecule has 0 bridgehead atoms. The molecule has 1 aromatic carbocycles. The fourth-order valence-electron chi connectivity index (χ4n) is 2.96. The van der Waals surface area contributed by atoms with Crippen molar-refractivity contribution in [3.05, 3.63) is 29.3 Å². The highest BCUT2D eigenvalue weighted by Crippen LogP contribution is 2.22. The molecule has 2 aromatic rings. The predicted molar refractivity (Wildman–Crippen MR) is 91.4 cm³/mol. The number of carbonyl (C=O) groups is 1. The normalized spacial score (nSPS) is 18.6.